The van der Waals surface area contributed by atoms with E-state index in [4.69, 9.17) is 0 Å². The molecule has 3 heteroatoms. The molecule has 1 aliphatic rings. The molecular weight excluding hydrogens is 210 g/mol. The molecule has 1 saturated heterocycles. The first-order chi connectivity index (χ1) is 7.97. The molecule has 1 aromatic heterocycles. The lowest BCUT2D eigenvalue weighted by Gasteiger charge is -2.45. The highest BCUT2D eigenvalue weighted by molar-refractivity contribution is 4.93. The van der Waals surface area contributed by atoms with Crippen molar-refractivity contribution in [2.75, 3.05) is 26.7 Å². The molecule has 1 atom stereocenters. The van der Waals surface area contributed by atoms with Crippen molar-refractivity contribution in [1.29, 1.82) is 0 Å². The van der Waals surface area contributed by atoms with Gasteiger partial charge in [0.25, 0.3) is 0 Å². The van der Waals surface area contributed by atoms with Crippen molar-refractivity contribution in [1.82, 2.24) is 14.4 Å². The molecule has 0 N–H and O–H groups in total. The summed E-state index contributed by atoms with van der Waals surface area (Å²) in [5.74, 6) is 0. The standard InChI is InChI=1S/C14H25N3/c1-14(2,3)17-10-9-15(4)13(12-17)11-16-7-5-6-8-16/h5-8,13H,9-12H2,1-4H3. The minimum atomic E-state index is 0.288. The lowest BCUT2D eigenvalue weighted by Crippen LogP contribution is -2.58. The summed E-state index contributed by atoms with van der Waals surface area (Å²) in [6.07, 6.45) is 4.31. The van der Waals surface area contributed by atoms with E-state index < -0.39 is 0 Å². The third-order valence-electron chi connectivity index (χ3n) is 3.81. The van der Waals surface area contributed by atoms with Crippen molar-refractivity contribution in [3.8, 4) is 0 Å². The molecule has 0 bridgehead atoms. The second-order valence-electron chi connectivity index (χ2n) is 6.13. The van der Waals surface area contributed by atoms with Crippen LogP contribution in [-0.2, 0) is 6.54 Å². The first-order valence-corrected chi connectivity index (χ1v) is 6.53. The van der Waals surface area contributed by atoms with E-state index in [1.54, 1.807) is 0 Å². The summed E-state index contributed by atoms with van der Waals surface area (Å²) in [4.78, 5) is 5.09. The molecule has 0 aliphatic carbocycles. The molecule has 0 spiro atoms. The van der Waals surface area contributed by atoms with Gasteiger partial charge >= 0.3 is 0 Å². The maximum atomic E-state index is 2.60. The molecule has 17 heavy (non-hydrogen) atoms. The second kappa shape index (κ2) is 4.83. The van der Waals surface area contributed by atoms with E-state index in [2.05, 4.69) is 66.7 Å². The van der Waals surface area contributed by atoms with Crippen LogP contribution >= 0.6 is 0 Å². The topological polar surface area (TPSA) is 11.4 Å². The van der Waals surface area contributed by atoms with Gasteiger partial charge in [0.05, 0.1) is 0 Å². The average molecular weight is 235 g/mol. The molecule has 1 unspecified atom stereocenters. The predicted octanol–water partition coefficient (Wildman–Crippen LogP) is 1.90. The molecule has 0 amide bonds. The van der Waals surface area contributed by atoms with E-state index >= 15 is 0 Å². The molecule has 3 nitrogen and oxygen atoms in total. The molecule has 96 valence electrons. The summed E-state index contributed by atoms with van der Waals surface area (Å²) >= 11 is 0. The average Bonchev–Trinajstić information content (AvgIpc) is 2.72. The van der Waals surface area contributed by atoms with E-state index in [0.717, 1.165) is 13.1 Å². The van der Waals surface area contributed by atoms with Crippen molar-refractivity contribution in [3.63, 3.8) is 0 Å². The molecule has 2 rings (SSSR count). The maximum absolute atomic E-state index is 2.60. The Kier molecular flexibility index (Phi) is 3.59. The zero-order valence-corrected chi connectivity index (χ0v) is 11.6. The van der Waals surface area contributed by atoms with Crippen molar-refractivity contribution in [2.24, 2.45) is 0 Å². The molecule has 0 saturated carbocycles. The number of rotatable bonds is 2. The van der Waals surface area contributed by atoms with Crippen molar-refractivity contribution >= 4 is 0 Å². The summed E-state index contributed by atoms with van der Waals surface area (Å²) in [6.45, 7) is 11.5. The van der Waals surface area contributed by atoms with Gasteiger partial charge in [0, 0.05) is 50.2 Å². The number of nitrogens with zero attached hydrogens (tertiary/aromatic N) is 3. The monoisotopic (exact) mass is 235 g/mol. The number of likely N-dealkylation sites (N-methyl/N-ethyl adjacent to an activating group) is 1. The fraction of sp³-hybridized carbons (Fsp3) is 0.714. The summed E-state index contributed by atoms with van der Waals surface area (Å²) in [7, 11) is 2.24. The Bertz CT molecular complexity index is 337. The first-order valence-electron chi connectivity index (χ1n) is 6.53. The van der Waals surface area contributed by atoms with Gasteiger partial charge in [0.1, 0.15) is 0 Å². The van der Waals surface area contributed by atoms with E-state index in [1.165, 1.54) is 13.1 Å². The van der Waals surface area contributed by atoms with Crippen LogP contribution in [-0.4, -0.2) is 52.6 Å². The van der Waals surface area contributed by atoms with Gasteiger partial charge in [-0.05, 0) is 40.0 Å². The van der Waals surface area contributed by atoms with Crippen LogP contribution in [0.25, 0.3) is 0 Å². The smallest absolute Gasteiger partial charge is 0.0400 e. The lowest BCUT2D eigenvalue weighted by molar-refractivity contribution is 0.0290. The van der Waals surface area contributed by atoms with Crippen LogP contribution in [0.4, 0.5) is 0 Å². The Balaban J connectivity index is 2.00. The van der Waals surface area contributed by atoms with Crippen LogP contribution in [0.2, 0.25) is 0 Å². The predicted molar refractivity (Wildman–Crippen MR) is 72.2 cm³/mol. The van der Waals surface area contributed by atoms with E-state index in [0.29, 0.717) is 6.04 Å². The van der Waals surface area contributed by atoms with Gasteiger partial charge in [-0.25, -0.2) is 0 Å². The van der Waals surface area contributed by atoms with Crippen molar-refractivity contribution in [2.45, 2.75) is 38.9 Å². The second-order valence-corrected chi connectivity index (χ2v) is 6.13. The highest BCUT2D eigenvalue weighted by atomic mass is 15.3. The van der Waals surface area contributed by atoms with Crippen LogP contribution < -0.4 is 0 Å². The Morgan fingerprint density at radius 2 is 1.76 bits per heavy atom. The Labute approximate surface area is 105 Å². The highest BCUT2D eigenvalue weighted by Gasteiger charge is 2.30. The molecule has 0 aromatic carbocycles. The Hall–Kier alpha value is -0.800. The Morgan fingerprint density at radius 1 is 1.12 bits per heavy atom. The van der Waals surface area contributed by atoms with Gasteiger partial charge in [0.15, 0.2) is 0 Å². The van der Waals surface area contributed by atoms with E-state index in [1.807, 2.05) is 0 Å². The number of hydrogen-bond acceptors (Lipinski definition) is 2. The summed E-state index contributed by atoms with van der Waals surface area (Å²) < 4.78 is 2.29. The largest absolute Gasteiger partial charge is 0.353 e. The summed E-state index contributed by atoms with van der Waals surface area (Å²) in [6, 6.07) is 4.82. The van der Waals surface area contributed by atoms with Crippen LogP contribution in [0.15, 0.2) is 24.5 Å². The van der Waals surface area contributed by atoms with E-state index in [9.17, 15) is 0 Å². The van der Waals surface area contributed by atoms with Crippen molar-refractivity contribution < 1.29 is 0 Å². The number of hydrogen-bond donors (Lipinski definition) is 0. The molecule has 0 radical (unpaired) electrons. The van der Waals surface area contributed by atoms with E-state index in [-0.39, 0.29) is 5.54 Å². The zero-order valence-electron chi connectivity index (χ0n) is 11.6. The maximum Gasteiger partial charge on any atom is 0.0400 e. The summed E-state index contributed by atoms with van der Waals surface area (Å²) in [5, 5.41) is 0. The molecule has 2 heterocycles. The quantitative estimate of drug-likeness (QED) is 0.776. The van der Waals surface area contributed by atoms with Gasteiger partial charge in [-0.1, -0.05) is 0 Å². The van der Waals surface area contributed by atoms with Gasteiger partial charge in [-0.15, -0.1) is 0 Å². The Morgan fingerprint density at radius 3 is 2.35 bits per heavy atom. The number of piperazine rings is 1. The number of aromatic nitrogens is 1. The van der Waals surface area contributed by atoms with Crippen LogP contribution in [0.1, 0.15) is 20.8 Å². The third-order valence-corrected chi connectivity index (χ3v) is 3.81. The van der Waals surface area contributed by atoms with Crippen LogP contribution in [0.5, 0.6) is 0 Å². The zero-order chi connectivity index (χ0) is 12.5. The molecule has 1 fully saturated rings. The minimum absolute atomic E-state index is 0.288. The lowest BCUT2D eigenvalue weighted by atomic mass is 10.0. The van der Waals surface area contributed by atoms with Gasteiger partial charge < -0.3 is 4.57 Å². The summed E-state index contributed by atoms with van der Waals surface area (Å²) in [5.41, 5.74) is 0.288. The minimum Gasteiger partial charge on any atom is -0.353 e. The SMILES string of the molecule is CN1CCN(C(C)(C)C)CC1Cn1cccc1. The fourth-order valence-corrected chi connectivity index (χ4v) is 2.49. The molecule has 1 aromatic rings. The highest BCUT2D eigenvalue weighted by Crippen LogP contribution is 2.19. The first kappa shape index (κ1) is 12.7. The third kappa shape index (κ3) is 3.11. The van der Waals surface area contributed by atoms with Crippen molar-refractivity contribution in [3.05, 3.63) is 24.5 Å². The van der Waals surface area contributed by atoms with Crippen LogP contribution in [0, 0.1) is 0 Å². The molecular formula is C14H25N3. The fourth-order valence-electron chi connectivity index (χ4n) is 2.49. The normalized spacial score (nSPS) is 24.1. The van der Waals surface area contributed by atoms with Gasteiger partial charge in [-0.3, -0.25) is 9.80 Å². The van der Waals surface area contributed by atoms with Gasteiger partial charge in [0.2, 0.25) is 0 Å². The molecule has 1 aliphatic heterocycles. The van der Waals surface area contributed by atoms with Crippen LogP contribution in [0.3, 0.4) is 0 Å². The van der Waals surface area contributed by atoms with Gasteiger partial charge in [-0.2, -0.15) is 0 Å².